The molecular formula is C15H33N. The maximum atomic E-state index is 6.29. The molecule has 1 heteroatoms. The van der Waals surface area contributed by atoms with Crippen molar-refractivity contribution in [2.45, 2.75) is 91.0 Å². The van der Waals surface area contributed by atoms with Crippen molar-refractivity contribution >= 4 is 0 Å². The lowest BCUT2D eigenvalue weighted by molar-refractivity contribution is 0.330. The highest BCUT2D eigenvalue weighted by Gasteiger charge is 2.15. The van der Waals surface area contributed by atoms with Gasteiger partial charge in [0.05, 0.1) is 0 Å². The summed E-state index contributed by atoms with van der Waals surface area (Å²) in [5, 5.41) is 0. The molecule has 0 fully saturated rings. The van der Waals surface area contributed by atoms with Gasteiger partial charge in [0, 0.05) is 6.04 Å². The Kier molecular flexibility index (Phi) is 11.4. The first-order valence-electron chi connectivity index (χ1n) is 7.51. The maximum absolute atomic E-state index is 6.29. The highest BCUT2D eigenvalue weighted by molar-refractivity contribution is 4.72. The number of rotatable bonds is 11. The van der Waals surface area contributed by atoms with Crippen LogP contribution in [0.1, 0.15) is 85.0 Å². The normalized spacial score (nSPS) is 13.3. The largest absolute Gasteiger partial charge is 0.327 e. The average molecular weight is 227 g/mol. The zero-order valence-corrected chi connectivity index (χ0v) is 11.8. The first kappa shape index (κ1) is 16.0. The van der Waals surface area contributed by atoms with Gasteiger partial charge in [-0.05, 0) is 25.2 Å². The fourth-order valence-electron chi connectivity index (χ4n) is 2.45. The van der Waals surface area contributed by atoms with Gasteiger partial charge in [-0.15, -0.1) is 0 Å². The van der Waals surface area contributed by atoms with Crippen molar-refractivity contribution in [1.29, 1.82) is 0 Å². The molecule has 1 unspecified atom stereocenters. The second-order valence-electron chi connectivity index (χ2n) is 5.20. The third kappa shape index (κ3) is 8.15. The first-order chi connectivity index (χ1) is 7.76. The molecular weight excluding hydrogens is 194 g/mol. The molecule has 0 bridgehead atoms. The second kappa shape index (κ2) is 11.4. The van der Waals surface area contributed by atoms with E-state index in [1.54, 1.807) is 0 Å². The monoisotopic (exact) mass is 227 g/mol. The van der Waals surface area contributed by atoms with Crippen molar-refractivity contribution in [3.05, 3.63) is 0 Å². The number of hydrogen-bond donors (Lipinski definition) is 1. The summed E-state index contributed by atoms with van der Waals surface area (Å²) >= 11 is 0. The Bertz CT molecular complexity index is 123. The van der Waals surface area contributed by atoms with Gasteiger partial charge in [-0.2, -0.15) is 0 Å². The van der Waals surface area contributed by atoms with E-state index in [0.717, 1.165) is 5.92 Å². The Morgan fingerprint density at radius 3 is 1.56 bits per heavy atom. The van der Waals surface area contributed by atoms with Crippen molar-refractivity contribution in [1.82, 2.24) is 0 Å². The van der Waals surface area contributed by atoms with Crippen molar-refractivity contribution < 1.29 is 0 Å². The first-order valence-corrected chi connectivity index (χ1v) is 7.51. The van der Waals surface area contributed by atoms with Crippen molar-refractivity contribution in [3.63, 3.8) is 0 Å². The van der Waals surface area contributed by atoms with E-state index in [1.807, 2.05) is 0 Å². The number of unbranched alkanes of at least 4 members (excludes halogenated alkanes) is 4. The summed E-state index contributed by atoms with van der Waals surface area (Å²) in [6, 6.07) is 0.457. The molecule has 2 N–H and O–H groups in total. The minimum atomic E-state index is 0.457. The van der Waals surface area contributed by atoms with Crippen LogP contribution in [0.3, 0.4) is 0 Å². The molecule has 0 radical (unpaired) electrons. The van der Waals surface area contributed by atoms with Crippen LogP contribution in [0, 0.1) is 5.92 Å². The van der Waals surface area contributed by atoms with E-state index in [0.29, 0.717) is 6.04 Å². The lowest BCUT2D eigenvalue weighted by Gasteiger charge is -2.23. The number of hydrogen-bond acceptors (Lipinski definition) is 1. The molecule has 98 valence electrons. The molecule has 0 heterocycles. The number of nitrogens with two attached hydrogens (primary N) is 1. The van der Waals surface area contributed by atoms with Gasteiger partial charge in [-0.25, -0.2) is 0 Å². The van der Waals surface area contributed by atoms with E-state index in [-0.39, 0.29) is 0 Å². The molecule has 0 aliphatic heterocycles. The van der Waals surface area contributed by atoms with Crippen molar-refractivity contribution in [2.24, 2.45) is 11.7 Å². The summed E-state index contributed by atoms with van der Waals surface area (Å²) < 4.78 is 0. The molecule has 0 aromatic heterocycles. The van der Waals surface area contributed by atoms with Crippen LogP contribution in [-0.2, 0) is 0 Å². The molecule has 0 saturated carbocycles. The maximum Gasteiger partial charge on any atom is 0.00670 e. The highest BCUT2D eigenvalue weighted by atomic mass is 14.6. The van der Waals surface area contributed by atoms with Gasteiger partial charge >= 0.3 is 0 Å². The molecule has 0 amide bonds. The van der Waals surface area contributed by atoms with E-state index in [2.05, 4.69) is 20.8 Å². The highest BCUT2D eigenvalue weighted by Crippen LogP contribution is 2.22. The Labute approximate surface area is 103 Å². The predicted octanol–water partition coefficient (Wildman–Crippen LogP) is 4.89. The van der Waals surface area contributed by atoms with Crippen LogP contribution in [0.4, 0.5) is 0 Å². The lowest BCUT2D eigenvalue weighted by Crippen LogP contribution is -2.30. The summed E-state index contributed by atoms with van der Waals surface area (Å²) in [5.41, 5.74) is 6.29. The Morgan fingerprint density at radius 2 is 1.19 bits per heavy atom. The van der Waals surface area contributed by atoms with Gasteiger partial charge in [0.1, 0.15) is 0 Å². The lowest BCUT2D eigenvalue weighted by atomic mass is 9.87. The molecule has 0 aliphatic rings. The molecule has 0 aromatic rings. The Morgan fingerprint density at radius 1 is 0.688 bits per heavy atom. The van der Waals surface area contributed by atoms with E-state index in [4.69, 9.17) is 5.73 Å². The van der Waals surface area contributed by atoms with Gasteiger partial charge in [0.25, 0.3) is 0 Å². The van der Waals surface area contributed by atoms with Crippen LogP contribution in [0.25, 0.3) is 0 Å². The van der Waals surface area contributed by atoms with Crippen LogP contribution in [0.5, 0.6) is 0 Å². The summed E-state index contributed by atoms with van der Waals surface area (Å²) in [6.45, 7) is 6.80. The predicted molar refractivity (Wildman–Crippen MR) is 74.7 cm³/mol. The van der Waals surface area contributed by atoms with Crippen LogP contribution in [0.2, 0.25) is 0 Å². The van der Waals surface area contributed by atoms with Crippen LogP contribution in [-0.4, -0.2) is 6.04 Å². The molecule has 0 aromatic carbocycles. The van der Waals surface area contributed by atoms with E-state index in [1.165, 1.54) is 64.2 Å². The van der Waals surface area contributed by atoms with Crippen LogP contribution >= 0.6 is 0 Å². The summed E-state index contributed by atoms with van der Waals surface area (Å²) in [7, 11) is 0. The Hall–Kier alpha value is -0.0400. The molecule has 0 aliphatic carbocycles. The van der Waals surface area contributed by atoms with Gasteiger partial charge in [0.2, 0.25) is 0 Å². The summed E-state index contributed by atoms with van der Waals surface area (Å²) in [4.78, 5) is 0. The molecule has 0 rings (SSSR count). The van der Waals surface area contributed by atoms with Gasteiger partial charge in [-0.1, -0.05) is 65.7 Å². The Balaban J connectivity index is 3.84. The van der Waals surface area contributed by atoms with Gasteiger partial charge in [-0.3, -0.25) is 0 Å². The fraction of sp³-hybridized carbons (Fsp3) is 1.00. The molecule has 16 heavy (non-hydrogen) atoms. The summed E-state index contributed by atoms with van der Waals surface area (Å²) in [6.07, 6.45) is 13.3. The second-order valence-corrected chi connectivity index (χ2v) is 5.20. The topological polar surface area (TPSA) is 26.0 Å². The van der Waals surface area contributed by atoms with Crippen LogP contribution in [0.15, 0.2) is 0 Å². The minimum absolute atomic E-state index is 0.457. The average Bonchev–Trinajstić information content (AvgIpc) is 2.28. The third-order valence-electron chi connectivity index (χ3n) is 3.58. The molecule has 0 saturated heterocycles. The fourth-order valence-corrected chi connectivity index (χ4v) is 2.45. The standard InChI is InChI=1S/C15H33N/c1-4-7-9-12-14(13-10-8-5-2)15(16)11-6-3/h14-15H,4-13,16H2,1-3H3. The smallest absolute Gasteiger partial charge is 0.00670 e. The quantitative estimate of drug-likeness (QED) is 0.500. The molecule has 0 spiro atoms. The zero-order chi connectivity index (χ0) is 12.2. The minimum Gasteiger partial charge on any atom is -0.327 e. The van der Waals surface area contributed by atoms with Crippen molar-refractivity contribution in [2.75, 3.05) is 0 Å². The zero-order valence-electron chi connectivity index (χ0n) is 11.8. The molecule has 1 atom stereocenters. The third-order valence-corrected chi connectivity index (χ3v) is 3.58. The SMILES string of the molecule is CCCCCC(CCCCC)C(N)CCC. The van der Waals surface area contributed by atoms with Crippen LogP contribution < -0.4 is 5.73 Å². The van der Waals surface area contributed by atoms with Crippen molar-refractivity contribution in [3.8, 4) is 0 Å². The van der Waals surface area contributed by atoms with Gasteiger partial charge < -0.3 is 5.73 Å². The van der Waals surface area contributed by atoms with E-state index >= 15 is 0 Å². The molecule has 1 nitrogen and oxygen atoms in total. The van der Waals surface area contributed by atoms with E-state index in [9.17, 15) is 0 Å². The summed E-state index contributed by atoms with van der Waals surface area (Å²) in [5.74, 6) is 0.790. The van der Waals surface area contributed by atoms with E-state index < -0.39 is 0 Å². The van der Waals surface area contributed by atoms with Gasteiger partial charge in [0.15, 0.2) is 0 Å².